The highest BCUT2D eigenvalue weighted by Crippen LogP contribution is 2.34. The first kappa shape index (κ1) is 19.9. The van der Waals surface area contributed by atoms with E-state index in [0.717, 1.165) is 54.8 Å². The van der Waals surface area contributed by atoms with Gasteiger partial charge in [0, 0.05) is 13.0 Å². The van der Waals surface area contributed by atoms with E-state index in [-0.39, 0.29) is 5.41 Å². The Morgan fingerprint density at radius 2 is 1.79 bits per heavy atom. The van der Waals surface area contributed by atoms with Crippen molar-refractivity contribution in [3.63, 3.8) is 0 Å². The fourth-order valence-electron chi connectivity index (χ4n) is 2.71. The molecule has 2 nitrogen and oxygen atoms in total. The SMILES string of the molecule is C=C/C(C)=C\C(=C)C(=C)/C=C\C(=C)CN1CCC(C)(CC#N)CC1. The highest BCUT2D eigenvalue weighted by Gasteiger charge is 2.29. The average molecular weight is 322 g/mol. The molecule has 0 bridgehead atoms. The molecule has 0 spiro atoms. The van der Waals surface area contributed by atoms with E-state index in [1.807, 2.05) is 25.2 Å². The van der Waals surface area contributed by atoms with Crippen molar-refractivity contribution in [2.75, 3.05) is 19.6 Å². The molecule has 0 saturated carbocycles. The van der Waals surface area contributed by atoms with Crippen LogP contribution in [0.1, 0.15) is 33.1 Å². The molecule has 0 unspecified atom stereocenters. The van der Waals surface area contributed by atoms with Crippen LogP contribution in [0, 0.1) is 16.7 Å². The van der Waals surface area contributed by atoms with E-state index in [9.17, 15) is 0 Å². The summed E-state index contributed by atoms with van der Waals surface area (Å²) in [6.07, 6.45) is 10.6. The van der Waals surface area contributed by atoms with Crippen LogP contribution in [0.3, 0.4) is 0 Å². The van der Waals surface area contributed by atoms with E-state index in [0.29, 0.717) is 6.42 Å². The van der Waals surface area contributed by atoms with Crippen LogP contribution in [0.15, 0.2) is 72.9 Å². The predicted octanol–water partition coefficient (Wildman–Crippen LogP) is 5.36. The smallest absolute Gasteiger partial charge is 0.0627 e. The number of likely N-dealkylation sites (tertiary alicyclic amines) is 1. The maximum absolute atomic E-state index is 8.92. The van der Waals surface area contributed by atoms with Gasteiger partial charge in [0.05, 0.1) is 6.07 Å². The third-order valence-corrected chi connectivity index (χ3v) is 4.65. The largest absolute Gasteiger partial charge is 0.299 e. The highest BCUT2D eigenvalue weighted by atomic mass is 15.1. The summed E-state index contributed by atoms with van der Waals surface area (Å²) in [4.78, 5) is 2.41. The Hall–Kier alpha value is -2.11. The van der Waals surface area contributed by atoms with Gasteiger partial charge in [-0.15, -0.1) is 0 Å². The van der Waals surface area contributed by atoms with E-state index in [1.54, 1.807) is 6.08 Å². The maximum atomic E-state index is 8.92. The summed E-state index contributed by atoms with van der Waals surface area (Å²) in [7, 11) is 0. The Bertz CT molecular complexity index is 602. The monoisotopic (exact) mass is 322 g/mol. The maximum Gasteiger partial charge on any atom is 0.0627 e. The predicted molar refractivity (Wildman–Crippen MR) is 105 cm³/mol. The van der Waals surface area contributed by atoms with Crippen molar-refractivity contribution in [1.82, 2.24) is 4.90 Å². The Balaban J connectivity index is 2.47. The normalized spacial score (nSPS) is 18.1. The first-order valence-corrected chi connectivity index (χ1v) is 8.44. The number of piperidine rings is 1. The van der Waals surface area contributed by atoms with Crippen molar-refractivity contribution in [1.29, 1.82) is 5.26 Å². The molecule has 0 N–H and O–H groups in total. The first-order valence-electron chi connectivity index (χ1n) is 8.44. The van der Waals surface area contributed by atoms with E-state index in [1.165, 1.54) is 0 Å². The van der Waals surface area contributed by atoms with Gasteiger partial charge >= 0.3 is 0 Å². The summed E-state index contributed by atoms with van der Waals surface area (Å²) in [5, 5.41) is 8.92. The zero-order chi connectivity index (χ0) is 18.2. The van der Waals surface area contributed by atoms with Crippen molar-refractivity contribution < 1.29 is 0 Å². The number of hydrogen-bond donors (Lipinski definition) is 0. The van der Waals surface area contributed by atoms with Crippen molar-refractivity contribution in [3.05, 3.63) is 72.9 Å². The van der Waals surface area contributed by atoms with E-state index < -0.39 is 0 Å². The summed E-state index contributed by atoms with van der Waals surface area (Å²) in [5.74, 6) is 0. The van der Waals surface area contributed by atoms with Gasteiger partial charge in [0.15, 0.2) is 0 Å². The van der Waals surface area contributed by atoms with Crippen LogP contribution in [0.25, 0.3) is 0 Å². The Kier molecular flexibility index (Phi) is 7.68. The number of rotatable bonds is 8. The Labute approximate surface area is 147 Å². The second-order valence-electron chi connectivity index (χ2n) is 7.06. The van der Waals surface area contributed by atoms with Gasteiger partial charge in [0.2, 0.25) is 0 Å². The summed E-state index contributed by atoms with van der Waals surface area (Å²) in [6.45, 7) is 23.1. The van der Waals surface area contributed by atoms with Crippen LogP contribution in [0.2, 0.25) is 0 Å². The van der Waals surface area contributed by atoms with E-state index >= 15 is 0 Å². The van der Waals surface area contributed by atoms with Crippen molar-refractivity contribution in [3.8, 4) is 6.07 Å². The molecule has 2 heteroatoms. The van der Waals surface area contributed by atoms with E-state index in [2.05, 4.69) is 44.2 Å². The summed E-state index contributed by atoms with van der Waals surface area (Å²) in [5.41, 5.74) is 4.10. The molecule has 1 rings (SSSR count). The molecule has 1 fully saturated rings. The molecular weight excluding hydrogens is 292 g/mol. The van der Waals surface area contributed by atoms with Crippen molar-refractivity contribution in [2.24, 2.45) is 5.41 Å². The lowest BCUT2D eigenvalue weighted by Crippen LogP contribution is -2.39. The minimum atomic E-state index is 0.184. The molecule has 0 aromatic carbocycles. The van der Waals surface area contributed by atoms with Gasteiger partial charge in [-0.3, -0.25) is 4.90 Å². The minimum Gasteiger partial charge on any atom is -0.299 e. The van der Waals surface area contributed by atoms with Gasteiger partial charge < -0.3 is 0 Å². The molecule has 0 aromatic heterocycles. The molecule has 0 radical (unpaired) electrons. The molecule has 0 aromatic rings. The zero-order valence-corrected chi connectivity index (χ0v) is 15.3. The molecule has 24 heavy (non-hydrogen) atoms. The third kappa shape index (κ3) is 6.56. The van der Waals surface area contributed by atoms with Crippen LogP contribution in [-0.2, 0) is 0 Å². The lowest BCUT2D eigenvalue weighted by molar-refractivity contribution is 0.130. The fraction of sp³-hybridized carbons (Fsp3) is 0.409. The molecule has 1 saturated heterocycles. The van der Waals surface area contributed by atoms with Crippen LogP contribution >= 0.6 is 0 Å². The van der Waals surface area contributed by atoms with Crippen LogP contribution in [0.5, 0.6) is 0 Å². The fourth-order valence-corrected chi connectivity index (χ4v) is 2.71. The average Bonchev–Trinajstić information content (AvgIpc) is 2.54. The minimum absolute atomic E-state index is 0.184. The molecule has 1 aliphatic rings. The third-order valence-electron chi connectivity index (χ3n) is 4.65. The second kappa shape index (κ2) is 9.25. The lowest BCUT2D eigenvalue weighted by Gasteiger charge is -2.38. The molecular formula is C22H30N2. The number of allylic oxidation sites excluding steroid dienone is 6. The first-order chi connectivity index (χ1) is 11.3. The van der Waals surface area contributed by atoms with Gasteiger partial charge in [-0.05, 0) is 55.0 Å². The van der Waals surface area contributed by atoms with Gasteiger partial charge in [-0.2, -0.15) is 5.26 Å². The molecule has 0 amide bonds. The molecule has 1 heterocycles. The number of nitrogens with zero attached hydrogens (tertiary/aromatic N) is 2. The summed E-state index contributed by atoms with van der Waals surface area (Å²) in [6, 6.07) is 2.32. The van der Waals surface area contributed by atoms with Gasteiger partial charge in [-0.25, -0.2) is 0 Å². The molecule has 0 atom stereocenters. The topological polar surface area (TPSA) is 27.0 Å². The molecule has 128 valence electrons. The highest BCUT2D eigenvalue weighted by molar-refractivity contribution is 5.46. The summed E-state index contributed by atoms with van der Waals surface area (Å²) >= 11 is 0. The van der Waals surface area contributed by atoms with Crippen LogP contribution in [-0.4, -0.2) is 24.5 Å². The molecule has 0 aliphatic carbocycles. The number of hydrogen-bond acceptors (Lipinski definition) is 2. The van der Waals surface area contributed by atoms with Crippen LogP contribution in [0.4, 0.5) is 0 Å². The summed E-state index contributed by atoms with van der Waals surface area (Å²) < 4.78 is 0. The quantitative estimate of drug-likeness (QED) is 0.563. The van der Waals surface area contributed by atoms with Gasteiger partial charge in [0.25, 0.3) is 0 Å². The zero-order valence-electron chi connectivity index (χ0n) is 15.3. The van der Waals surface area contributed by atoms with Gasteiger partial charge in [0.1, 0.15) is 0 Å². The lowest BCUT2D eigenvalue weighted by atomic mass is 9.78. The number of nitriles is 1. The van der Waals surface area contributed by atoms with Gasteiger partial charge in [-0.1, -0.05) is 63.1 Å². The Morgan fingerprint density at radius 1 is 1.17 bits per heavy atom. The van der Waals surface area contributed by atoms with E-state index in [4.69, 9.17) is 5.26 Å². The van der Waals surface area contributed by atoms with Crippen LogP contribution < -0.4 is 0 Å². The molecule has 1 aliphatic heterocycles. The Morgan fingerprint density at radius 3 is 2.33 bits per heavy atom. The van der Waals surface area contributed by atoms with Crippen molar-refractivity contribution in [2.45, 2.75) is 33.1 Å². The standard InChI is InChI=1S/C22H30N2/c1-7-18(2)16-21(5)20(4)9-8-19(3)17-24-14-11-22(6,10-13-23)12-15-24/h7-9,16H,1,3-5,10-12,14-15,17H2,2,6H3/b9-8-,18-16-. The second-order valence-corrected chi connectivity index (χ2v) is 7.06. The van der Waals surface area contributed by atoms with Crippen molar-refractivity contribution >= 4 is 0 Å².